The van der Waals surface area contributed by atoms with E-state index in [9.17, 15) is 9.59 Å². The Labute approximate surface area is 103 Å². The highest BCUT2D eigenvalue weighted by atomic mass is 35.5. The van der Waals surface area contributed by atoms with Crippen LogP contribution >= 0.6 is 23.2 Å². The average Bonchev–Trinajstić information content (AvgIpc) is 2.23. The third-order valence-corrected chi connectivity index (χ3v) is 2.59. The van der Waals surface area contributed by atoms with Gasteiger partial charge in [-0.05, 0) is 24.6 Å². The molecule has 1 aromatic rings. The molecule has 0 N–H and O–H groups in total. The average molecular weight is 261 g/mol. The van der Waals surface area contributed by atoms with Crippen LogP contribution in [0.3, 0.4) is 0 Å². The highest BCUT2D eigenvalue weighted by molar-refractivity contribution is 6.35. The Morgan fingerprint density at radius 1 is 1.44 bits per heavy atom. The summed E-state index contributed by atoms with van der Waals surface area (Å²) in [6.45, 7) is 2.02. The van der Waals surface area contributed by atoms with Gasteiger partial charge in [0, 0.05) is 10.6 Å². The van der Waals surface area contributed by atoms with E-state index in [4.69, 9.17) is 27.9 Å². The lowest BCUT2D eigenvalue weighted by Crippen LogP contribution is -2.08. The maximum absolute atomic E-state index is 11.3. The second kappa shape index (κ2) is 5.87. The fourth-order valence-electron chi connectivity index (χ4n) is 1.25. The Balaban J connectivity index is 2.99. The molecule has 1 aromatic carbocycles. The summed E-state index contributed by atoms with van der Waals surface area (Å²) in [5.41, 5.74) is 0.767. The standard InChI is InChI=1S/C11H10Cl2O3/c1-2-16-10(15)5-7-3-9(12)4-8(6-14)11(7)13/h3-4,6H,2,5H2,1H3. The van der Waals surface area contributed by atoms with E-state index in [2.05, 4.69) is 0 Å². The van der Waals surface area contributed by atoms with E-state index in [1.54, 1.807) is 13.0 Å². The van der Waals surface area contributed by atoms with E-state index in [1.807, 2.05) is 0 Å². The van der Waals surface area contributed by atoms with Gasteiger partial charge in [0.2, 0.25) is 0 Å². The molecule has 0 unspecified atom stereocenters. The van der Waals surface area contributed by atoms with Crippen LogP contribution in [0.5, 0.6) is 0 Å². The number of hydrogen-bond acceptors (Lipinski definition) is 3. The number of hydrogen-bond donors (Lipinski definition) is 0. The van der Waals surface area contributed by atoms with Gasteiger partial charge in [-0.3, -0.25) is 9.59 Å². The second-order valence-corrected chi connectivity index (χ2v) is 3.88. The van der Waals surface area contributed by atoms with Gasteiger partial charge in [0.1, 0.15) is 0 Å². The minimum atomic E-state index is -0.400. The van der Waals surface area contributed by atoms with Crippen molar-refractivity contribution in [3.63, 3.8) is 0 Å². The molecule has 0 aliphatic carbocycles. The van der Waals surface area contributed by atoms with Crippen molar-refractivity contribution in [1.82, 2.24) is 0 Å². The molecule has 0 saturated heterocycles. The number of ether oxygens (including phenoxy) is 1. The van der Waals surface area contributed by atoms with Gasteiger partial charge in [0.15, 0.2) is 6.29 Å². The molecule has 0 radical (unpaired) electrons. The predicted molar refractivity (Wildman–Crippen MR) is 62.2 cm³/mol. The van der Waals surface area contributed by atoms with Crippen LogP contribution in [-0.2, 0) is 16.0 Å². The number of halogens is 2. The van der Waals surface area contributed by atoms with Gasteiger partial charge in [0.25, 0.3) is 0 Å². The normalized spacial score (nSPS) is 9.94. The Morgan fingerprint density at radius 2 is 2.12 bits per heavy atom. The minimum Gasteiger partial charge on any atom is -0.466 e. The first-order valence-electron chi connectivity index (χ1n) is 4.67. The first-order valence-corrected chi connectivity index (χ1v) is 5.42. The lowest BCUT2D eigenvalue weighted by Gasteiger charge is -2.06. The van der Waals surface area contributed by atoms with Crippen molar-refractivity contribution in [2.24, 2.45) is 0 Å². The Bertz CT molecular complexity index is 416. The molecule has 0 atom stereocenters. The smallest absolute Gasteiger partial charge is 0.310 e. The fourth-order valence-corrected chi connectivity index (χ4v) is 1.72. The van der Waals surface area contributed by atoms with Gasteiger partial charge >= 0.3 is 5.97 Å². The van der Waals surface area contributed by atoms with Crippen molar-refractivity contribution < 1.29 is 14.3 Å². The van der Waals surface area contributed by atoms with E-state index >= 15 is 0 Å². The molecule has 16 heavy (non-hydrogen) atoms. The third kappa shape index (κ3) is 3.22. The molecule has 5 heteroatoms. The van der Waals surface area contributed by atoms with Crippen LogP contribution in [0.4, 0.5) is 0 Å². The molecule has 0 amide bonds. The van der Waals surface area contributed by atoms with Gasteiger partial charge in [-0.25, -0.2) is 0 Å². The highest BCUT2D eigenvalue weighted by Crippen LogP contribution is 2.25. The van der Waals surface area contributed by atoms with Crippen LogP contribution in [0.1, 0.15) is 22.8 Å². The number of benzene rings is 1. The zero-order valence-electron chi connectivity index (χ0n) is 8.63. The van der Waals surface area contributed by atoms with Gasteiger partial charge in [-0.15, -0.1) is 0 Å². The van der Waals surface area contributed by atoms with Crippen molar-refractivity contribution in [2.45, 2.75) is 13.3 Å². The second-order valence-electron chi connectivity index (χ2n) is 3.07. The van der Waals surface area contributed by atoms with Crippen LogP contribution in [0, 0.1) is 0 Å². The summed E-state index contributed by atoms with van der Waals surface area (Å²) >= 11 is 11.7. The van der Waals surface area contributed by atoms with E-state index in [-0.39, 0.29) is 17.0 Å². The fraction of sp³-hybridized carbons (Fsp3) is 0.273. The van der Waals surface area contributed by atoms with Crippen molar-refractivity contribution in [2.75, 3.05) is 6.61 Å². The van der Waals surface area contributed by atoms with Crippen LogP contribution in [0.25, 0.3) is 0 Å². The SMILES string of the molecule is CCOC(=O)Cc1cc(Cl)cc(C=O)c1Cl. The van der Waals surface area contributed by atoms with Crippen LogP contribution in [0.2, 0.25) is 10.0 Å². The number of carbonyl (C=O) groups is 2. The molecule has 0 aliphatic heterocycles. The molecule has 0 saturated carbocycles. The molecular weight excluding hydrogens is 251 g/mol. The van der Waals surface area contributed by atoms with Crippen molar-refractivity contribution in [1.29, 1.82) is 0 Å². The van der Waals surface area contributed by atoms with E-state index in [1.165, 1.54) is 6.07 Å². The highest BCUT2D eigenvalue weighted by Gasteiger charge is 2.12. The summed E-state index contributed by atoms with van der Waals surface area (Å²) in [6, 6.07) is 3.00. The molecule has 86 valence electrons. The molecule has 0 spiro atoms. The molecular formula is C11H10Cl2O3. The number of carbonyl (C=O) groups excluding carboxylic acids is 2. The summed E-state index contributed by atoms with van der Waals surface area (Å²) in [6.07, 6.45) is 0.608. The quantitative estimate of drug-likeness (QED) is 0.618. The molecule has 0 aliphatic rings. The van der Waals surface area contributed by atoms with Crippen LogP contribution in [0.15, 0.2) is 12.1 Å². The monoisotopic (exact) mass is 260 g/mol. The van der Waals surface area contributed by atoms with Crippen LogP contribution < -0.4 is 0 Å². The molecule has 1 rings (SSSR count). The Kier molecular flexibility index (Phi) is 4.77. The lowest BCUT2D eigenvalue weighted by atomic mass is 10.1. The van der Waals surface area contributed by atoms with Crippen molar-refractivity contribution in [3.05, 3.63) is 33.3 Å². The summed E-state index contributed by atoms with van der Waals surface area (Å²) in [7, 11) is 0. The maximum Gasteiger partial charge on any atom is 0.310 e. The van der Waals surface area contributed by atoms with Gasteiger partial charge in [-0.2, -0.15) is 0 Å². The van der Waals surface area contributed by atoms with Gasteiger partial charge in [-0.1, -0.05) is 23.2 Å². The molecule has 3 nitrogen and oxygen atoms in total. The lowest BCUT2D eigenvalue weighted by molar-refractivity contribution is -0.142. The van der Waals surface area contributed by atoms with Gasteiger partial charge < -0.3 is 4.74 Å². The Morgan fingerprint density at radius 3 is 2.69 bits per heavy atom. The largest absolute Gasteiger partial charge is 0.466 e. The maximum atomic E-state index is 11.3. The molecule has 0 aromatic heterocycles. The first kappa shape index (κ1) is 13.0. The zero-order valence-corrected chi connectivity index (χ0v) is 10.1. The number of aldehydes is 1. The van der Waals surface area contributed by atoms with E-state index < -0.39 is 5.97 Å². The molecule has 0 fully saturated rings. The molecule has 0 bridgehead atoms. The zero-order chi connectivity index (χ0) is 12.1. The third-order valence-electron chi connectivity index (χ3n) is 1.91. The van der Waals surface area contributed by atoms with Crippen molar-refractivity contribution in [3.8, 4) is 0 Å². The molecule has 0 heterocycles. The number of esters is 1. The minimum absolute atomic E-state index is 0.00801. The summed E-state index contributed by atoms with van der Waals surface area (Å²) in [4.78, 5) is 21.9. The Hall–Kier alpha value is -1.06. The van der Waals surface area contributed by atoms with Gasteiger partial charge in [0.05, 0.1) is 18.1 Å². The van der Waals surface area contributed by atoms with E-state index in [0.717, 1.165) is 0 Å². The van der Waals surface area contributed by atoms with Crippen molar-refractivity contribution >= 4 is 35.5 Å². The number of rotatable bonds is 4. The summed E-state index contributed by atoms with van der Waals surface area (Å²) in [5.74, 6) is -0.400. The van der Waals surface area contributed by atoms with Crippen LogP contribution in [-0.4, -0.2) is 18.9 Å². The van der Waals surface area contributed by atoms with E-state index in [0.29, 0.717) is 23.5 Å². The predicted octanol–water partition coefficient (Wildman–Crippen LogP) is 2.91. The first-order chi connectivity index (χ1) is 7.58. The topological polar surface area (TPSA) is 43.4 Å². The summed E-state index contributed by atoms with van der Waals surface area (Å²) in [5, 5.41) is 0.609. The summed E-state index contributed by atoms with van der Waals surface area (Å²) < 4.78 is 4.79.